The van der Waals surface area contributed by atoms with Crippen LogP contribution in [-0.4, -0.2) is 42.6 Å². The summed E-state index contributed by atoms with van der Waals surface area (Å²) in [7, 11) is 0. The van der Waals surface area contributed by atoms with Crippen molar-refractivity contribution in [3.63, 3.8) is 0 Å². The van der Waals surface area contributed by atoms with Crippen LogP contribution in [0.25, 0.3) is 0 Å². The molecule has 1 heterocycles. The smallest absolute Gasteiger partial charge is 0.239 e. The molecule has 0 saturated carbocycles. The van der Waals surface area contributed by atoms with Crippen LogP contribution in [0.1, 0.15) is 13.8 Å². The highest BCUT2D eigenvalue weighted by Gasteiger charge is 2.25. The highest BCUT2D eigenvalue weighted by Crippen LogP contribution is 2.07. The fraction of sp³-hybridized carbons (Fsp3) is 0.875. The molecule has 4 nitrogen and oxygen atoms in total. The zero-order valence-corrected chi connectivity index (χ0v) is 7.62. The number of carbonyl (C=O) groups excluding carboxylic acids is 1. The van der Waals surface area contributed by atoms with Crippen molar-refractivity contribution in [1.82, 2.24) is 4.90 Å². The maximum Gasteiger partial charge on any atom is 0.239 e. The number of rotatable bonds is 1. The monoisotopic (exact) mass is 172 g/mol. The van der Waals surface area contributed by atoms with E-state index in [1.807, 2.05) is 6.92 Å². The SMILES string of the molecule is CC1COCCN1C(=O)[C@H](C)N. The number of ether oxygens (including phenoxy) is 1. The van der Waals surface area contributed by atoms with E-state index >= 15 is 0 Å². The molecule has 4 heteroatoms. The Kier molecular flexibility index (Phi) is 3.05. The highest BCUT2D eigenvalue weighted by molar-refractivity contribution is 5.81. The van der Waals surface area contributed by atoms with Gasteiger partial charge in [-0.1, -0.05) is 0 Å². The summed E-state index contributed by atoms with van der Waals surface area (Å²) in [6.07, 6.45) is 0. The van der Waals surface area contributed by atoms with E-state index in [0.717, 1.165) is 0 Å². The standard InChI is InChI=1S/C8H16N2O2/c1-6-5-12-4-3-10(6)8(11)7(2)9/h6-7H,3-5,9H2,1-2H3/t6?,7-/m0/s1. The number of amides is 1. The average molecular weight is 172 g/mol. The molecular formula is C8H16N2O2. The second-order valence-corrected chi connectivity index (χ2v) is 3.24. The first kappa shape index (κ1) is 9.48. The molecule has 0 radical (unpaired) electrons. The van der Waals surface area contributed by atoms with Crippen molar-refractivity contribution in [3.05, 3.63) is 0 Å². The minimum atomic E-state index is -0.398. The average Bonchev–Trinajstić information content (AvgIpc) is 2.04. The minimum Gasteiger partial charge on any atom is -0.377 e. The molecule has 2 atom stereocenters. The fourth-order valence-corrected chi connectivity index (χ4v) is 1.32. The molecular weight excluding hydrogens is 156 g/mol. The van der Waals surface area contributed by atoms with E-state index in [9.17, 15) is 4.79 Å². The van der Waals surface area contributed by atoms with Crippen molar-refractivity contribution in [1.29, 1.82) is 0 Å². The minimum absolute atomic E-state index is 0.0193. The molecule has 0 aromatic rings. The van der Waals surface area contributed by atoms with Crippen molar-refractivity contribution >= 4 is 5.91 Å². The number of carbonyl (C=O) groups is 1. The van der Waals surface area contributed by atoms with Crippen molar-refractivity contribution in [3.8, 4) is 0 Å². The van der Waals surface area contributed by atoms with Gasteiger partial charge in [0.1, 0.15) is 0 Å². The normalized spacial score (nSPS) is 26.9. The van der Waals surface area contributed by atoms with Crippen LogP contribution in [0.4, 0.5) is 0 Å². The Balaban J connectivity index is 2.53. The van der Waals surface area contributed by atoms with Gasteiger partial charge in [-0.15, -0.1) is 0 Å². The Morgan fingerprint density at radius 2 is 2.42 bits per heavy atom. The van der Waals surface area contributed by atoms with Crippen LogP contribution in [0, 0.1) is 0 Å². The molecule has 0 aliphatic carbocycles. The molecule has 1 unspecified atom stereocenters. The van der Waals surface area contributed by atoms with Gasteiger partial charge in [-0.05, 0) is 13.8 Å². The second-order valence-electron chi connectivity index (χ2n) is 3.24. The summed E-state index contributed by atoms with van der Waals surface area (Å²) in [4.78, 5) is 13.2. The lowest BCUT2D eigenvalue weighted by Gasteiger charge is -2.34. The van der Waals surface area contributed by atoms with Gasteiger partial charge >= 0.3 is 0 Å². The summed E-state index contributed by atoms with van der Waals surface area (Å²) < 4.78 is 5.21. The first-order valence-corrected chi connectivity index (χ1v) is 4.26. The molecule has 0 aromatic heterocycles. The van der Waals surface area contributed by atoms with Gasteiger partial charge in [0, 0.05) is 6.54 Å². The highest BCUT2D eigenvalue weighted by atomic mass is 16.5. The Bertz CT molecular complexity index is 170. The number of hydrogen-bond acceptors (Lipinski definition) is 3. The van der Waals surface area contributed by atoms with E-state index in [1.165, 1.54) is 0 Å². The van der Waals surface area contributed by atoms with Gasteiger partial charge in [0.05, 0.1) is 25.3 Å². The number of morpholine rings is 1. The third-order valence-electron chi connectivity index (χ3n) is 2.04. The van der Waals surface area contributed by atoms with E-state index < -0.39 is 6.04 Å². The summed E-state index contributed by atoms with van der Waals surface area (Å²) in [5.41, 5.74) is 5.50. The van der Waals surface area contributed by atoms with Gasteiger partial charge < -0.3 is 15.4 Å². The fourth-order valence-electron chi connectivity index (χ4n) is 1.32. The van der Waals surface area contributed by atoms with Crippen molar-refractivity contribution in [2.45, 2.75) is 25.9 Å². The van der Waals surface area contributed by atoms with Crippen molar-refractivity contribution in [2.24, 2.45) is 5.73 Å². The molecule has 0 spiro atoms. The summed E-state index contributed by atoms with van der Waals surface area (Å²) in [5, 5.41) is 0. The van der Waals surface area contributed by atoms with Crippen LogP contribution in [0.5, 0.6) is 0 Å². The first-order chi connectivity index (χ1) is 5.63. The van der Waals surface area contributed by atoms with E-state index in [4.69, 9.17) is 10.5 Å². The van der Waals surface area contributed by atoms with Gasteiger partial charge in [0.15, 0.2) is 0 Å². The number of nitrogens with zero attached hydrogens (tertiary/aromatic N) is 1. The Morgan fingerprint density at radius 3 is 2.92 bits per heavy atom. The number of hydrogen-bond donors (Lipinski definition) is 1. The van der Waals surface area contributed by atoms with Gasteiger partial charge in [0.2, 0.25) is 5.91 Å². The topological polar surface area (TPSA) is 55.6 Å². The lowest BCUT2D eigenvalue weighted by molar-refractivity contribution is -0.140. The molecule has 0 aromatic carbocycles. The lowest BCUT2D eigenvalue weighted by Crippen LogP contribution is -2.52. The molecule has 1 aliphatic heterocycles. The molecule has 1 saturated heterocycles. The van der Waals surface area contributed by atoms with Crippen LogP contribution in [0.15, 0.2) is 0 Å². The van der Waals surface area contributed by atoms with Gasteiger partial charge in [-0.3, -0.25) is 4.79 Å². The van der Waals surface area contributed by atoms with E-state index in [-0.39, 0.29) is 11.9 Å². The molecule has 1 aliphatic rings. The molecule has 12 heavy (non-hydrogen) atoms. The summed E-state index contributed by atoms with van der Waals surface area (Å²) in [6.45, 7) is 5.60. The van der Waals surface area contributed by atoms with E-state index in [1.54, 1.807) is 11.8 Å². The Morgan fingerprint density at radius 1 is 1.75 bits per heavy atom. The van der Waals surface area contributed by atoms with Crippen molar-refractivity contribution < 1.29 is 9.53 Å². The van der Waals surface area contributed by atoms with Gasteiger partial charge in [-0.25, -0.2) is 0 Å². The quantitative estimate of drug-likeness (QED) is 0.584. The predicted molar refractivity (Wildman–Crippen MR) is 45.6 cm³/mol. The van der Waals surface area contributed by atoms with E-state index in [2.05, 4.69) is 0 Å². The molecule has 1 amide bonds. The summed E-state index contributed by atoms with van der Waals surface area (Å²) >= 11 is 0. The van der Waals surface area contributed by atoms with Crippen LogP contribution >= 0.6 is 0 Å². The third-order valence-corrected chi connectivity index (χ3v) is 2.04. The first-order valence-electron chi connectivity index (χ1n) is 4.26. The largest absolute Gasteiger partial charge is 0.377 e. The van der Waals surface area contributed by atoms with Crippen molar-refractivity contribution in [2.75, 3.05) is 19.8 Å². The molecule has 70 valence electrons. The molecule has 1 fully saturated rings. The second kappa shape index (κ2) is 3.87. The summed E-state index contributed by atoms with van der Waals surface area (Å²) in [5.74, 6) is 0.0193. The van der Waals surface area contributed by atoms with Crippen LogP contribution in [0.2, 0.25) is 0 Å². The lowest BCUT2D eigenvalue weighted by atomic mass is 10.2. The van der Waals surface area contributed by atoms with E-state index in [0.29, 0.717) is 19.8 Å². The summed E-state index contributed by atoms with van der Waals surface area (Å²) in [6, 6.07) is -0.234. The Labute approximate surface area is 72.7 Å². The maximum absolute atomic E-state index is 11.5. The van der Waals surface area contributed by atoms with Crippen LogP contribution < -0.4 is 5.73 Å². The molecule has 2 N–H and O–H groups in total. The van der Waals surface area contributed by atoms with Gasteiger partial charge in [-0.2, -0.15) is 0 Å². The van der Waals surface area contributed by atoms with Gasteiger partial charge in [0.25, 0.3) is 0 Å². The zero-order valence-electron chi connectivity index (χ0n) is 7.62. The molecule has 0 bridgehead atoms. The third kappa shape index (κ3) is 1.95. The molecule has 1 rings (SSSR count). The predicted octanol–water partition coefficient (Wildman–Crippen LogP) is -0.419. The zero-order chi connectivity index (χ0) is 9.14. The van der Waals surface area contributed by atoms with Crippen LogP contribution in [-0.2, 0) is 9.53 Å². The van der Waals surface area contributed by atoms with Crippen LogP contribution in [0.3, 0.4) is 0 Å². The number of nitrogens with two attached hydrogens (primary N) is 1. The Hall–Kier alpha value is -0.610. The maximum atomic E-state index is 11.5.